The zero-order valence-electron chi connectivity index (χ0n) is 4.00. The molecule has 1 heterocycles. The van der Waals surface area contributed by atoms with Crippen molar-refractivity contribution in [3.63, 3.8) is 0 Å². The maximum atomic E-state index is 10.5. The predicted octanol–water partition coefficient (Wildman–Crippen LogP) is 0.0610. The predicted molar refractivity (Wildman–Crippen MR) is 29.3 cm³/mol. The SMILES string of the molecule is [O-]c1cccnc1[S-]. The summed E-state index contributed by atoms with van der Waals surface area (Å²) in [5, 5.41) is 10.6. The lowest BCUT2D eigenvalue weighted by molar-refractivity contribution is -0.273. The second kappa shape index (κ2) is 1.96. The van der Waals surface area contributed by atoms with Gasteiger partial charge in [0.1, 0.15) is 0 Å². The number of aromatic nitrogens is 1. The number of pyridine rings is 1. The van der Waals surface area contributed by atoms with E-state index in [0.717, 1.165) is 0 Å². The van der Waals surface area contributed by atoms with E-state index in [1.165, 1.54) is 12.3 Å². The Morgan fingerprint density at radius 3 is 2.75 bits per heavy atom. The fourth-order valence-electron chi connectivity index (χ4n) is 0.376. The fraction of sp³-hybridized carbons (Fsp3) is 0. The van der Waals surface area contributed by atoms with Crippen molar-refractivity contribution in [2.45, 2.75) is 5.03 Å². The maximum absolute atomic E-state index is 10.5. The Bertz CT molecular complexity index is 169. The van der Waals surface area contributed by atoms with E-state index in [2.05, 4.69) is 17.6 Å². The molecule has 0 aliphatic rings. The van der Waals surface area contributed by atoms with Gasteiger partial charge in [-0.15, -0.1) is 5.75 Å². The van der Waals surface area contributed by atoms with E-state index in [0.29, 0.717) is 0 Å². The Hall–Kier alpha value is -0.830. The number of hydrogen-bond acceptors (Lipinski definition) is 3. The summed E-state index contributed by atoms with van der Waals surface area (Å²) in [4.78, 5) is 3.58. The molecule has 0 aliphatic carbocycles. The molecule has 0 saturated carbocycles. The van der Waals surface area contributed by atoms with E-state index in [-0.39, 0.29) is 10.8 Å². The minimum absolute atomic E-state index is 0.146. The zero-order chi connectivity index (χ0) is 5.98. The van der Waals surface area contributed by atoms with E-state index < -0.39 is 0 Å². The molecule has 0 atom stereocenters. The highest BCUT2D eigenvalue weighted by molar-refractivity contribution is 7.58. The first kappa shape index (κ1) is 5.31. The second-order valence-electron chi connectivity index (χ2n) is 1.31. The molecule has 0 bridgehead atoms. The van der Waals surface area contributed by atoms with E-state index in [1.807, 2.05) is 0 Å². The molecule has 0 amide bonds. The molecule has 42 valence electrons. The van der Waals surface area contributed by atoms with Gasteiger partial charge in [0.05, 0.1) is 0 Å². The van der Waals surface area contributed by atoms with Gasteiger partial charge < -0.3 is 17.7 Å². The second-order valence-corrected chi connectivity index (χ2v) is 1.69. The normalized spacial score (nSPS) is 9.00. The third-order valence-corrected chi connectivity index (χ3v) is 1.04. The van der Waals surface area contributed by atoms with Crippen molar-refractivity contribution in [2.75, 3.05) is 0 Å². The van der Waals surface area contributed by atoms with Crippen LogP contribution in [0.1, 0.15) is 0 Å². The molecule has 8 heavy (non-hydrogen) atoms. The highest BCUT2D eigenvalue weighted by Crippen LogP contribution is 2.05. The molecule has 0 spiro atoms. The summed E-state index contributed by atoms with van der Waals surface area (Å²) in [6.07, 6.45) is 1.50. The highest BCUT2D eigenvalue weighted by Gasteiger charge is 1.71. The number of nitrogens with zero attached hydrogens (tertiary/aromatic N) is 1. The number of hydrogen-bond donors (Lipinski definition) is 0. The third kappa shape index (κ3) is 0.869. The molecular weight excluding hydrogens is 122 g/mol. The first-order valence-corrected chi connectivity index (χ1v) is 2.50. The standard InChI is InChI=1S/C5H5NOS/c7-4-2-1-3-6-5(4)8/h1-3,7H,(H,6,8)/p-2. The van der Waals surface area contributed by atoms with Gasteiger partial charge in [0.2, 0.25) is 0 Å². The van der Waals surface area contributed by atoms with Crippen molar-refractivity contribution in [3.05, 3.63) is 18.3 Å². The largest absolute Gasteiger partial charge is 0.872 e. The van der Waals surface area contributed by atoms with Gasteiger partial charge in [0.25, 0.3) is 0 Å². The topological polar surface area (TPSA) is 36.0 Å². The van der Waals surface area contributed by atoms with Crippen molar-refractivity contribution in [1.82, 2.24) is 4.98 Å². The van der Waals surface area contributed by atoms with Crippen LogP contribution in [-0.2, 0) is 12.6 Å². The molecule has 0 fully saturated rings. The van der Waals surface area contributed by atoms with E-state index in [4.69, 9.17) is 0 Å². The molecule has 0 unspecified atom stereocenters. The lowest BCUT2D eigenvalue weighted by Gasteiger charge is -2.14. The highest BCUT2D eigenvalue weighted by atomic mass is 32.1. The first-order valence-electron chi connectivity index (χ1n) is 2.10. The van der Waals surface area contributed by atoms with E-state index >= 15 is 0 Å². The first-order chi connectivity index (χ1) is 3.80. The quantitative estimate of drug-likeness (QED) is 0.460. The van der Waals surface area contributed by atoms with Crippen molar-refractivity contribution in [2.24, 2.45) is 0 Å². The third-order valence-electron chi connectivity index (χ3n) is 0.736. The van der Waals surface area contributed by atoms with Gasteiger partial charge in [-0.1, -0.05) is 11.1 Å². The summed E-state index contributed by atoms with van der Waals surface area (Å²) in [5.74, 6) is -0.178. The lowest BCUT2D eigenvalue weighted by Crippen LogP contribution is -1.92. The Balaban J connectivity index is 3.13. The molecule has 0 N–H and O–H groups in total. The summed E-state index contributed by atoms with van der Waals surface area (Å²) >= 11 is 4.53. The minimum Gasteiger partial charge on any atom is -0.872 e. The van der Waals surface area contributed by atoms with Gasteiger partial charge in [0, 0.05) is 6.20 Å². The van der Waals surface area contributed by atoms with E-state index in [1.54, 1.807) is 6.07 Å². The summed E-state index contributed by atoms with van der Waals surface area (Å²) < 4.78 is 0. The molecule has 3 heteroatoms. The van der Waals surface area contributed by atoms with Crippen LogP contribution in [0.2, 0.25) is 0 Å². The van der Waals surface area contributed by atoms with Crippen LogP contribution in [-0.4, -0.2) is 4.98 Å². The lowest BCUT2D eigenvalue weighted by atomic mass is 10.5. The summed E-state index contributed by atoms with van der Waals surface area (Å²) in [6.45, 7) is 0. The molecule has 2 nitrogen and oxygen atoms in total. The zero-order valence-corrected chi connectivity index (χ0v) is 4.81. The minimum atomic E-state index is -0.178. The van der Waals surface area contributed by atoms with Crippen molar-refractivity contribution < 1.29 is 5.11 Å². The van der Waals surface area contributed by atoms with Crippen LogP contribution in [0.15, 0.2) is 23.4 Å². The summed E-state index contributed by atoms with van der Waals surface area (Å²) in [6, 6.07) is 2.97. The van der Waals surface area contributed by atoms with Gasteiger partial charge in [-0.2, -0.15) is 0 Å². The molecular formula is C5H3NOS-2. The maximum Gasteiger partial charge on any atom is 0.0249 e. The van der Waals surface area contributed by atoms with Crippen molar-refractivity contribution in [3.8, 4) is 5.75 Å². The Morgan fingerprint density at radius 1 is 1.62 bits per heavy atom. The van der Waals surface area contributed by atoms with Crippen LogP contribution in [0.25, 0.3) is 0 Å². The van der Waals surface area contributed by atoms with E-state index in [9.17, 15) is 5.11 Å². The van der Waals surface area contributed by atoms with Crippen molar-refractivity contribution in [1.29, 1.82) is 0 Å². The van der Waals surface area contributed by atoms with Crippen LogP contribution in [0.4, 0.5) is 0 Å². The van der Waals surface area contributed by atoms with Crippen molar-refractivity contribution >= 4 is 12.6 Å². The Kier molecular flexibility index (Phi) is 1.30. The van der Waals surface area contributed by atoms with Crippen LogP contribution in [0.3, 0.4) is 0 Å². The van der Waals surface area contributed by atoms with Crippen LogP contribution in [0, 0.1) is 0 Å². The average molecular weight is 125 g/mol. The molecule has 0 aliphatic heterocycles. The van der Waals surface area contributed by atoms with Crippen LogP contribution < -0.4 is 5.11 Å². The van der Waals surface area contributed by atoms with Gasteiger partial charge in [-0.3, -0.25) is 4.98 Å². The molecule has 1 aromatic rings. The molecule has 1 rings (SSSR count). The van der Waals surface area contributed by atoms with Crippen LogP contribution in [0.5, 0.6) is 5.75 Å². The molecule has 0 aromatic carbocycles. The van der Waals surface area contributed by atoms with Gasteiger partial charge >= 0.3 is 0 Å². The van der Waals surface area contributed by atoms with Gasteiger partial charge in [-0.05, 0) is 6.07 Å². The Labute approximate surface area is 52.6 Å². The van der Waals surface area contributed by atoms with Gasteiger partial charge in [-0.25, -0.2) is 0 Å². The smallest absolute Gasteiger partial charge is 0.0249 e. The molecule has 0 saturated heterocycles. The van der Waals surface area contributed by atoms with Crippen LogP contribution >= 0.6 is 0 Å². The number of rotatable bonds is 0. The molecule has 1 aromatic heterocycles. The monoisotopic (exact) mass is 125 g/mol. The average Bonchev–Trinajstić information content (AvgIpc) is 1.77. The Morgan fingerprint density at radius 2 is 2.38 bits per heavy atom. The molecule has 0 radical (unpaired) electrons. The fourth-order valence-corrected chi connectivity index (χ4v) is 0.505. The summed E-state index contributed by atoms with van der Waals surface area (Å²) in [7, 11) is 0. The summed E-state index contributed by atoms with van der Waals surface area (Å²) in [5.41, 5.74) is 0. The van der Waals surface area contributed by atoms with Gasteiger partial charge in [0.15, 0.2) is 0 Å².